The largest absolute Gasteiger partial charge is 0.507 e. The van der Waals surface area contributed by atoms with Crippen molar-refractivity contribution in [3.05, 3.63) is 138 Å². The van der Waals surface area contributed by atoms with Crippen LogP contribution in [0.4, 0.5) is 5.69 Å². The molecule has 0 unspecified atom stereocenters. The number of aromatic hydroxyl groups is 1. The van der Waals surface area contributed by atoms with Crippen molar-refractivity contribution in [2.75, 3.05) is 18.5 Å². The lowest BCUT2D eigenvalue weighted by atomic mass is 9.90. The summed E-state index contributed by atoms with van der Waals surface area (Å²) in [5.74, 6) is -3.06. The maximum absolute atomic E-state index is 13.8. The molecule has 0 radical (unpaired) electrons. The molecule has 0 aromatic heterocycles. The van der Waals surface area contributed by atoms with Gasteiger partial charge in [0.15, 0.2) is 0 Å². The van der Waals surface area contributed by atoms with Crippen LogP contribution >= 0.6 is 0 Å². The molecule has 48 heavy (non-hydrogen) atoms. The van der Waals surface area contributed by atoms with E-state index < -0.39 is 40.1 Å². The van der Waals surface area contributed by atoms with Gasteiger partial charge in [0.25, 0.3) is 0 Å². The number of hydrogen-bond acceptors (Lipinski definition) is 6. The molecule has 0 heterocycles. The first-order chi connectivity index (χ1) is 22.9. The average molecular weight is 664 g/mol. The molecule has 5 aromatic rings. The Kier molecular flexibility index (Phi) is 9.74. The zero-order chi connectivity index (χ0) is 34.6. The van der Waals surface area contributed by atoms with Crippen LogP contribution in [0.2, 0.25) is 0 Å². The number of anilines is 1. The molecular formula is C37H33N3O7S. The summed E-state index contributed by atoms with van der Waals surface area (Å²) in [4.78, 5) is 39.0. The lowest BCUT2D eigenvalue weighted by Gasteiger charge is -2.26. The summed E-state index contributed by atoms with van der Waals surface area (Å²) in [7, 11) is -2.71. The molecule has 0 atom stereocenters. The molecule has 10 nitrogen and oxygen atoms in total. The van der Waals surface area contributed by atoms with Crippen LogP contribution in [0.3, 0.4) is 0 Å². The molecule has 0 saturated carbocycles. The van der Waals surface area contributed by atoms with E-state index in [1.54, 1.807) is 36.4 Å². The molecule has 4 N–H and O–H groups in total. The lowest BCUT2D eigenvalue weighted by molar-refractivity contribution is -0.118. The van der Waals surface area contributed by atoms with Gasteiger partial charge in [0, 0.05) is 29.9 Å². The third-order valence-electron chi connectivity index (χ3n) is 7.91. The topological polar surface area (TPSA) is 158 Å². The predicted octanol–water partition coefficient (Wildman–Crippen LogP) is 5.69. The number of sulfonamides is 1. The predicted molar refractivity (Wildman–Crippen MR) is 183 cm³/mol. The number of carboxylic acids is 1. The Balaban J connectivity index is 1.48. The Morgan fingerprint density at radius 3 is 2.04 bits per heavy atom. The van der Waals surface area contributed by atoms with E-state index in [9.17, 15) is 33.0 Å². The number of primary amides is 1. The van der Waals surface area contributed by atoms with Crippen molar-refractivity contribution in [1.82, 2.24) is 4.31 Å². The third-order valence-corrected chi connectivity index (χ3v) is 9.73. The van der Waals surface area contributed by atoms with E-state index in [1.807, 2.05) is 55.5 Å². The molecule has 0 fully saturated rings. The number of benzene rings is 5. The minimum absolute atomic E-state index is 0.0315. The minimum Gasteiger partial charge on any atom is -0.507 e. The summed E-state index contributed by atoms with van der Waals surface area (Å²) in [6, 6.07) is 32.0. The van der Waals surface area contributed by atoms with E-state index in [0.29, 0.717) is 16.7 Å². The van der Waals surface area contributed by atoms with Crippen LogP contribution in [0.5, 0.6) is 5.75 Å². The Bertz CT molecular complexity index is 2100. The van der Waals surface area contributed by atoms with Gasteiger partial charge in [0.2, 0.25) is 21.8 Å². The highest BCUT2D eigenvalue weighted by Gasteiger charge is 2.27. The number of likely N-dealkylation sites (N-methyl/N-ethyl adjacent to an activating group) is 1. The van der Waals surface area contributed by atoms with Crippen LogP contribution in [0.25, 0.3) is 22.3 Å². The summed E-state index contributed by atoms with van der Waals surface area (Å²) in [6.07, 6.45) is 0. The van der Waals surface area contributed by atoms with Gasteiger partial charge < -0.3 is 20.8 Å². The van der Waals surface area contributed by atoms with E-state index in [2.05, 4.69) is 0 Å². The van der Waals surface area contributed by atoms with Gasteiger partial charge in [-0.1, -0.05) is 84.4 Å². The number of aromatic carboxylic acids is 1. The van der Waals surface area contributed by atoms with Crippen LogP contribution < -0.4 is 10.6 Å². The van der Waals surface area contributed by atoms with Gasteiger partial charge in [0.1, 0.15) is 11.3 Å². The Morgan fingerprint density at radius 1 is 0.771 bits per heavy atom. The Morgan fingerprint density at radius 2 is 1.44 bits per heavy atom. The molecule has 0 spiro atoms. The van der Waals surface area contributed by atoms with Gasteiger partial charge in [-0.05, 0) is 59.5 Å². The number of nitrogens with two attached hydrogens (primary N) is 1. The van der Waals surface area contributed by atoms with E-state index >= 15 is 0 Å². The normalized spacial score (nSPS) is 11.3. The van der Waals surface area contributed by atoms with Crippen LogP contribution in [0.1, 0.15) is 31.8 Å². The first kappa shape index (κ1) is 33.6. The summed E-state index contributed by atoms with van der Waals surface area (Å²) in [5, 5.41) is 19.8. The van der Waals surface area contributed by atoms with Crippen LogP contribution in [-0.2, 0) is 21.4 Å². The number of carboxylic acid groups (broad SMARTS) is 1. The second-order valence-electron chi connectivity index (χ2n) is 11.2. The van der Waals surface area contributed by atoms with Crippen molar-refractivity contribution in [3.8, 4) is 28.0 Å². The Labute approximate surface area is 278 Å². The summed E-state index contributed by atoms with van der Waals surface area (Å²) >= 11 is 0. The van der Waals surface area contributed by atoms with Gasteiger partial charge in [-0.15, -0.1) is 0 Å². The van der Waals surface area contributed by atoms with Gasteiger partial charge in [-0.25, -0.2) is 13.2 Å². The molecule has 0 bridgehead atoms. The summed E-state index contributed by atoms with van der Waals surface area (Å²) in [5.41, 5.74) is 10.5. The standard InChI is InChI=1S/C37H33N3O7S/c1-24-11-18-29(19-12-24)48(46,47)39(2)23-34(42)40(28-17-20-31(37(44)45)33(41)21-28)22-25-13-15-26(16-14-25)30-9-6-10-32(36(38)43)35(30)27-7-4-3-5-8-27/h3-21,41H,22-23H2,1-2H3,(H2,38,43)(H,44,45). The van der Waals surface area contributed by atoms with E-state index in [0.717, 1.165) is 32.6 Å². The number of carbonyl (C=O) groups excluding carboxylic acids is 2. The molecule has 5 aromatic carbocycles. The SMILES string of the molecule is Cc1ccc(S(=O)(=O)N(C)CC(=O)N(Cc2ccc(-c3cccc(C(N)=O)c3-c3ccccc3)cc2)c2ccc(C(=O)O)c(O)c2)cc1. The zero-order valence-corrected chi connectivity index (χ0v) is 27.0. The molecule has 244 valence electrons. The highest BCUT2D eigenvalue weighted by molar-refractivity contribution is 7.89. The maximum atomic E-state index is 13.8. The lowest BCUT2D eigenvalue weighted by Crippen LogP contribution is -2.41. The van der Waals surface area contributed by atoms with E-state index in [1.165, 1.54) is 36.2 Å². The van der Waals surface area contributed by atoms with Crippen molar-refractivity contribution in [2.24, 2.45) is 5.73 Å². The monoisotopic (exact) mass is 663 g/mol. The maximum Gasteiger partial charge on any atom is 0.339 e. The van der Waals surface area contributed by atoms with Gasteiger partial charge in [-0.2, -0.15) is 4.31 Å². The minimum atomic E-state index is -4.01. The number of rotatable bonds is 11. The highest BCUT2D eigenvalue weighted by Crippen LogP contribution is 2.35. The third kappa shape index (κ3) is 7.12. The quantitative estimate of drug-likeness (QED) is 0.164. The zero-order valence-electron chi connectivity index (χ0n) is 26.2. The van der Waals surface area contributed by atoms with Crippen molar-refractivity contribution in [3.63, 3.8) is 0 Å². The Hall–Kier alpha value is -5.78. The fourth-order valence-corrected chi connectivity index (χ4v) is 6.45. The fraction of sp³-hybridized carbons (Fsp3) is 0.108. The second kappa shape index (κ2) is 13.9. The van der Waals surface area contributed by atoms with E-state index in [-0.39, 0.29) is 22.7 Å². The number of amides is 2. The molecule has 0 aliphatic heterocycles. The smallest absolute Gasteiger partial charge is 0.339 e. The number of phenols is 1. The second-order valence-corrected chi connectivity index (χ2v) is 13.3. The fourth-order valence-electron chi connectivity index (χ4n) is 5.33. The molecule has 0 aliphatic carbocycles. The summed E-state index contributed by atoms with van der Waals surface area (Å²) < 4.78 is 27.5. The van der Waals surface area contributed by atoms with Crippen molar-refractivity contribution >= 4 is 33.5 Å². The summed E-state index contributed by atoms with van der Waals surface area (Å²) in [6.45, 7) is 1.27. The molecular weight excluding hydrogens is 630 g/mol. The number of hydrogen-bond donors (Lipinski definition) is 3. The van der Waals surface area contributed by atoms with Gasteiger partial charge >= 0.3 is 5.97 Å². The first-order valence-electron chi connectivity index (χ1n) is 14.8. The van der Waals surface area contributed by atoms with Crippen molar-refractivity contribution in [1.29, 1.82) is 0 Å². The molecule has 11 heteroatoms. The number of nitrogens with zero attached hydrogens (tertiary/aromatic N) is 2. The number of carbonyl (C=O) groups is 3. The molecule has 2 amide bonds. The van der Waals surface area contributed by atoms with Gasteiger partial charge in [0.05, 0.1) is 18.0 Å². The highest BCUT2D eigenvalue weighted by atomic mass is 32.2. The van der Waals surface area contributed by atoms with E-state index in [4.69, 9.17) is 5.73 Å². The van der Waals surface area contributed by atoms with Gasteiger partial charge in [-0.3, -0.25) is 9.59 Å². The van der Waals surface area contributed by atoms with Crippen LogP contribution in [0, 0.1) is 6.92 Å². The number of aryl methyl sites for hydroxylation is 1. The molecule has 0 aliphatic rings. The average Bonchev–Trinajstić information content (AvgIpc) is 3.07. The molecule has 5 rings (SSSR count). The van der Waals surface area contributed by atoms with Crippen molar-refractivity contribution in [2.45, 2.75) is 18.4 Å². The van der Waals surface area contributed by atoms with Crippen LogP contribution in [0.15, 0.2) is 120 Å². The van der Waals surface area contributed by atoms with Crippen LogP contribution in [-0.4, -0.2) is 54.3 Å². The molecule has 0 saturated heterocycles. The first-order valence-corrected chi connectivity index (χ1v) is 16.3. The van der Waals surface area contributed by atoms with Crippen molar-refractivity contribution < 1.29 is 33.0 Å².